The van der Waals surface area contributed by atoms with E-state index in [1.807, 2.05) is 42.6 Å². The van der Waals surface area contributed by atoms with Gasteiger partial charge in [-0.15, -0.1) is 22.7 Å². The Balaban J connectivity index is 1.91. The van der Waals surface area contributed by atoms with Crippen molar-refractivity contribution in [2.75, 3.05) is 0 Å². The van der Waals surface area contributed by atoms with E-state index < -0.39 is 0 Å². The zero-order valence-electron chi connectivity index (χ0n) is 9.72. The zero-order valence-corrected chi connectivity index (χ0v) is 12.1. The maximum absolute atomic E-state index is 11.7. The van der Waals surface area contributed by atoms with Gasteiger partial charge in [-0.1, -0.05) is 17.7 Å². The number of carbonyl (C=O) groups is 1. The molecule has 0 aliphatic carbocycles. The van der Waals surface area contributed by atoms with Crippen molar-refractivity contribution in [3.63, 3.8) is 0 Å². The maximum atomic E-state index is 11.7. The van der Waals surface area contributed by atoms with Crippen LogP contribution in [0, 0.1) is 0 Å². The molecule has 0 aliphatic heterocycles. The average molecular weight is 298 g/mol. The molecule has 0 spiro atoms. The molecule has 1 amide bonds. The van der Waals surface area contributed by atoms with Gasteiger partial charge in [0.1, 0.15) is 0 Å². The van der Waals surface area contributed by atoms with Crippen molar-refractivity contribution in [3.05, 3.63) is 49.8 Å². The predicted octanol–water partition coefficient (Wildman–Crippen LogP) is 4.35. The highest BCUT2D eigenvalue weighted by molar-refractivity contribution is 7.16. The van der Waals surface area contributed by atoms with Crippen LogP contribution in [0.1, 0.15) is 22.7 Å². The van der Waals surface area contributed by atoms with Gasteiger partial charge in [-0.05, 0) is 36.6 Å². The molecule has 0 radical (unpaired) electrons. The van der Waals surface area contributed by atoms with Gasteiger partial charge >= 0.3 is 0 Å². The fourth-order valence-corrected chi connectivity index (χ4v) is 3.12. The molecule has 1 N–H and O–H groups in total. The van der Waals surface area contributed by atoms with Crippen molar-refractivity contribution in [1.29, 1.82) is 0 Å². The number of hydrogen-bond acceptors (Lipinski definition) is 3. The third-order valence-corrected chi connectivity index (χ3v) is 4.57. The van der Waals surface area contributed by atoms with Crippen LogP contribution < -0.4 is 5.32 Å². The minimum absolute atomic E-state index is 0.0250. The van der Waals surface area contributed by atoms with Gasteiger partial charge in [-0.3, -0.25) is 4.79 Å². The summed E-state index contributed by atoms with van der Waals surface area (Å²) in [6.07, 6.45) is 3.37. The highest BCUT2D eigenvalue weighted by atomic mass is 35.5. The average Bonchev–Trinajstić information content (AvgIpc) is 2.97. The van der Waals surface area contributed by atoms with Gasteiger partial charge < -0.3 is 5.32 Å². The van der Waals surface area contributed by atoms with Crippen molar-refractivity contribution in [3.8, 4) is 0 Å². The molecule has 5 heteroatoms. The Hall–Kier alpha value is -1.10. The summed E-state index contributed by atoms with van der Waals surface area (Å²) in [6.45, 7) is 1.94. The second-order valence-corrected chi connectivity index (χ2v) is 6.45. The summed E-state index contributed by atoms with van der Waals surface area (Å²) in [6, 6.07) is 7.67. The van der Waals surface area contributed by atoms with Crippen molar-refractivity contribution in [1.82, 2.24) is 5.32 Å². The van der Waals surface area contributed by atoms with Crippen molar-refractivity contribution in [2.24, 2.45) is 0 Å². The summed E-state index contributed by atoms with van der Waals surface area (Å²) in [4.78, 5) is 13.8. The van der Waals surface area contributed by atoms with Gasteiger partial charge in [0.2, 0.25) is 5.91 Å². The molecular weight excluding hydrogens is 286 g/mol. The Morgan fingerprint density at radius 2 is 2.28 bits per heavy atom. The minimum Gasteiger partial charge on any atom is -0.345 e. The van der Waals surface area contributed by atoms with Gasteiger partial charge in [-0.25, -0.2) is 0 Å². The van der Waals surface area contributed by atoms with E-state index in [0.29, 0.717) is 0 Å². The summed E-state index contributed by atoms with van der Waals surface area (Å²) in [5.74, 6) is -0.0968. The van der Waals surface area contributed by atoms with Gasteiger partial charge in [0.25, 0.3) is 0 Å². The number of amides is 1. The lowest BCUT2D eigenvalue weighted by molar-refractivity contribution is -0.117. The fraction of sp³-hybridized carbons (Fsp3) is 0.154. The first kappa shape index (κ1) is 13.3. The smallest absolute Gasteiger partial charge is 0.244 e. The largest absolute Gasteiger partial charge is 0.345 e. The fourth-order valence-electron chi connectivity index (χ4n) is 1.44. The molecule has 18 heavy (non-hydrogen) atoms. The number of rotatable bonds is 4. The molecule has 0 aromatic carbocycles. The second kappa shape index (κ2) is 6.18. The van der Waals surface area contributed by atoms with E-state index in [2.05, 4.69) is 5.32 Å². The highest BCUT2D eigenvalue weighted by Crippen LogP contribution is 2.26. The van der Waals surface area contributed by atoms with Crippen LogP contribution in [0.2, 0.25) is 4.34 Å². The highest BCUT2D eigenvalue weighted by Gasteiger charge is 2.09. The lowest BCUT2D eigenvalue weighted by Crippen LogP contribution is -2.23. The second-order valence-electron chi connectivity index (χ2n) is 3.72. The summed E-state index contributed by atoms with van der Waals surface area (Å²) in [5, 5.41) is 4.88. The van der Waals surface area contributed by atoms with Gasteiger partial charge in [0, 0.05) is 15.8 Å². The molecule has 0 fully saturated rings. The quantitative estimate of drug-likeness (QED) is 0.835. The van der Waals surface area contributed by atoms with E-state index >= 15 is 0 Å². The lowest BCUT2D eigenvalue weighted by atomic mass is 10.2. The van der Waals surface area contributed by atoms with Crippen LogP contribution in [0.4, 0.5) is 0 Å². The molecule has 0 saturated carbocycles. The first-order valence-electron chi connectivity index (χ1n) is 5.42. The van der Waals surface area contributed by atoms with Crippen LogP contribution in [0.15, 0.2) is 35.7 Å². The van der Waals surface area contributed by atoms with Gasteiger partial charge in [0.05, 0.1) is 10.4 Å². The first-order chi connectivity index (χ1) is 8.65. The van der Waals surface area contributed by atoms with E-state index in [1.54, 1.807) is 17.4 Å². The Labute approximate surface area is 119 Å². The summed E-state index contributed by atoms with van der Waals surface area (Å²) < 4.78 is 0.736. The molecule has 2 rings (SSSR count). The molecule has 0 bridgehead atoms. The number of halogens is 1. The Morgan fingerprint density at radius 1 is 1.44 bits per heavy atom. The van der Waals surface area contributed by atoms with E-state index in [-0.39, 0.29) is 11.9 Å². The Kier molecular flexibility index (Phi) is 4.58. The molecule has 0 saturated heterocycles. The third kappa shape index (κ3) is 3.70. The normalized spacial score (nSPS) is 12.8. The van der Waals surface area contributed by atoms with Crippen molar-refractivity contribution in [2.45, 2.75) is 13.0 Å². The van der Waals surface area contributed by atoms with Crippen LogP contribution in [0.3, 0.4) is 0 Å². The molecule has 1 unspecified atom stereocenters. The van der Waals surface area contributed by atoms with Crippen LogP contribution >= 0.6 is 34.3 Å². The summed E-state index contributed by atoms with van der Waals surface area (Å²) in [5.41, 5.74) is 0. The predicted molar refractivity (Wildman–Crippen MR) is 79.2 cm³/mol. The topological polar surface area (TPSA) is 29.1 Å². The molecule has 2 heterocycles. The van der Waals surface area contributed by atoms with Crippen molar-refractivity contribution >= 4 is 46.3 Å². The van der Waals surface area contributed by atoms with Crippen molar-refractivity contribution < 1.29 is 4.79 Å². The monoisotopic (exact) mass is 297 g/mol. The van der Waals surface area contributed by atoms with E-state index in [1.165, 1.54) is 11.3 Å². The van der Waals surface area contributed by atoms with E-state index in [9.17, 15) is 4.79 Å². The third-order valence-electron chi connectivity index (χ3n) is 2.32. The number of thiophene rings is 2. The molecule has 94 valence electrons. The van der Waals surface area contributed by atoms with E-state index in [0.717, 1.165) is 14.1 Å². The molecule has 2 aromatic rings. The maximum Gasteiger partial charge on any atom is 0.244 e. The zero-order chi connectivity index (χ0) is 13.0. The SMILES string of the molecule is CC(NC(=O)/C=C/c1cccs1)c1ccc(Cl)s1. The number of nitrogens with one attached hydrogen (secondary N) is 1. The molecule has 2 nitrogen and oxygen atoms in total. The minimum atomic E-state index is -0.0968. The standard InChI is InChI=1S/C13H12ClNOS2/c1-9(11-5-6-12(14)18-11)15-13(16)7-4-10-3-2-8-17-10/h2-9H,1H3,(H,15,16)/b7-4+. The first-order valence-corrected chi connectivity index (χ1v) is 7.50. The lowest BCUT2D eigenvalue weighted by Gasteiger charge is -2.09. The summed E-state index contributed by atoms with van der Waals surface area (Å²) in [7, 11) is 0. The Morgan fingerprint density at radius 3 is 2.89 bits per heavy atom. The summed E-state index contributed by atoms with van der Waals surface area (Å²) >= 11 is 8.95. The number of hydrogen-bond donors (Lipinski definition) is 1. The molecule has 2 aromatic heterocycles. The van der Waals surface area contributed by atoms with Crippen LogP contribution in [0.5, 0.6) is 0 Å². The van der Waals surface area contributed by atoms with Crippen LogP contribution in [-0.2, 0) is 4.79 Å². The van der Waals surface area contributed by atoms with Crippen LogP contribution in [0.25, 0.3) is 6.08 Å². The van der Waals surface area contributed by atoms with Gasteiger partial charge in [0.15, 0.2) is 0 Å². The van der Waals surface area contributed by atoms with Gasteiger partial charge in [-0.2, -0.15) is 0 Å². The van der Waals surface area contributed by atoms with E-state index in [4.69, 9.17) is 11.6 Å². The Bertz CT molecular complexity index is 545. The molecule has 0 aliphatic rings. The number of carbonyl (C=O) groups excluding carboxylic acids is 1. The molecule has 1 atom stereocenters. The van der Waals surface area contributed by atoms with Crippen LogP contribution in [-0.4, -0.2) is 5.91 Å². The molecular formula is C13H12ClNOS2.